The van der Waals surface area contributed by atoms with E-state index in [-0.39, 0.29) is 23.2 Å². The lowest BCUT2D eigenvalue weighted by molar-refractivity contribution is -0.384. The molecule has 1 aromatic heterocycles. The fourth-order valence-electron chi connectivity index (χ4n) is 3.77. The molecule has 2 aromatic carbocycles. The van der Waals surface area contributed by atoms with Crippen LogP contribution in [0.25, 0.3) is 12.2 Å². The fraction of sp³-hybridized carbons (Fsp3) is 0.269. The van der Waals surface area contributed by atoms with Crippen molar-refractivity contribution in [3.05, 3.63) is 81.4 Å². The molecule has 1 amide bonds. The maximum atomic E-state index is 12.9. The van der Waals surface area contributed by atoms with Gasteiger partial charge >= 0.3 is 0 Å². The summed E-state index contributed by atoms with van der Waals surface area (Å²) in [6, 6.07) is 15.3. The average molecular weight is 488 g/mol. The number of amides is 1. The van der Waals surface area contributed by atoms with Crippen LogP contribution in [0, 0.1) is 21.4 Å². The van der Waals surface area contributed by atoms with Gasteiger partial charge in [-0.05, 0) is 54.5 Å². The minimum atomic E-state index is -0.459. The SMILES string of the molecule is CCCOc1ccc(C(=O)N2CCN(c3oc(/C=C/c4ccc([N+](=O)[O-])cc4)nc3C#N)CC2)cc1. The molecule has 2 heterocycles. The number of nitro benzene ring substituents is 1. The molecule has 0 saturated carbocycles. The van der Waals surface area contributed by atoms with Crippen molar-refractivity contribution in [2.75, 3.05) is 37.7 Å². The summed E-state index contributed by atoms with van der Waals surface area (Å²) in [5.41, 5.74) is 1.51. The van der Waals surface area contributed by atoms with Crippen LogP contribution in [0.3, 0.4) is 0 Å². The first kappa shape index (κ1) is 24.5. The summed E-state index contributed by atoms with van der Waals surface area (Å²) >= 11 is 0. The van der Waals surface area contributed by atoms with E-state index in [0.29, 0.717) is 44.2 Å². The van der Waals surface area contributed by atoms with E-state index in [1.165, 1.54) is 12.1 Å². The minimum Gasteiger partial charge on any atom is -0.494 e. The molecule has 184 valence electrons. The molecule has 0 N–H and O–H groups in total. The van der Waals surface area contributed by atoms with Crippen LogP contribution in [0.5, 0.6) is 5.75 Å². The molecule has 10 heteroatoms. The molecule has 10 nitrogen and oxygen atoms in total. The van der Waals surface area contributed by atoms with Crippen molar-refractivity contribution in [2.45, 2.75) is 13.3 Å². The van der Waals surface area contributed by atoms with Crippen molar-refractivity contribution in [1.29, 1.82) is 5.26 Å². The van der Waals surface area contributed by atoms with Gasteiger partial charge in [-0.25, -0.2) is 0 Å². The van der Waals surface area contributed by atoms with Gasteiger partial charge in [0.05, 0.1) is 11.5 Å². The van der Waals surface area contributed by atoms with Crippen LogP contribution in [0.4, 0.5) is 11.6 Å². The van der Waals surface area contributed by atoms with E-state index >= 15 is 0 Å². The second-order valence-corrected chi connectivity index (χ2v) is 8.15. The molecule has 4 rings (SSSR count). The third-order valence-electron chi connectivity index (χ3n) is 5.68. The summed E-state index contributed by atoms with van der Waals surface area (Å²) in [5.74, 6) is 1.31. The van der Waals surface area contributed by atoms with Crippen LogP contribution in [0.15, 0.2) is 52.9 Å². The number of carbonyl (C=O) groups excluding carboxylic acids is 1. The molecule has 0 spiro atoms. The quantitative estimate of drug-likeness (QED) is 0.339. The molecule has 0 unspecified atom stereocenters. The van der Waals surface area contributed by atoms with Gasteiger partial charge in [0.15, 0.2) is 0 Å². The van der Waals surface area contributed by atoms with Gasteiger partial charge in [0, 0.05) is 50.0 Å². The number of piperazine rings is 1. The van der Waals surface area contributed by atoms with E-state index in [2.05, 4.69) is 11.1 Å². The number of ether oxygens (including phenoxy) is 1. The third kappa shape index (κ3) is 5.70. The Morgan fingerprint density at radius 3 is 2.44 bits per heavy atom. The number of non-ortho nitro benzene ring substituents is 1. The van der Waals surface area contributed by atoms with Crippen LogP contribution < -0.4 is 9.64 Å². The number of oxazole rings is 1. The number of hydrogen-bond acceptors (Lipinski definition) is 8. The summed E-state index contributed by atoms with van der Waals surface area (Å²) in [6.07, 6.45) is 4.23. The molecule has 36 heavy (non-hydrogen) atoms. The number of nitro groups is 1. The Morgan fingerprint density at radius 1 is 1.14 bits per heavy atom. The zero-order valence-corrected chi connectivity index (χ0v) is 19.8. The van der Waals surface area contributed by atoms with Crippen LogP contribution in [0.2, 0.25) is 0 Å². The Kier molecular flexibility index (Phi) is 7.60. The average Bonchev–Trinajstić information content (AvgIpc) is 3.34. The molecular weight excluding hydrogens is 462 g/mol. The van der Waals surface area contributed by atoms with Gasteiger partial charge < -0.3 is 19.0 Å². The number of aromatic nitrogens is 1. The second kappa shape index (κ2) is 11.2. The number of nitrogens with zero attached hydrogens (tertiary/aromatic N) is 5. The first-order chi connectivity index (χ1) is 17.5. The number of carbonyl (C=O) groups is 1. The highest BCUT2D eigenvalue weighted by atomic mass is 16.6. The van der Waals surface area contributed by atoms with Gasteiger partial charge in [-0.3, -0.25) is 14.9 Å². The fourth-order valence-corrected chi connectivity index (χ4v) is 3.77. The molecule has 1 aliphatic rings. The molecular formula is C26H25N5O5. The van der Waals surface area contributed by atoms with E-state index in [1.54, 1.807) is 53.5 Å². The highest BCUT2D eigenvalue weighted by molar-refractivity contribution is 5.94. The Bertz CT molecular complexity index is 1280. The lowest BCUT2D eigenvalue weighted by atomic mass is 10.1. The number of nitriles is 1. The zero-order chi connectivity index (χ0) is 25.5. The molecule has 0 bridgehead atoms. The highest BCUT2D eigenvalue weighted by Crippen LogP contribution is 2.25. The van der Waals surface area contributed by atoms with Crippen LogP contribution in [-0.4, -0.2) is 53.5 Å². The molecule has 0 radical (unpaired) electrons. The van der Waals surface area contributed by atoms with Crippen molar-refractivity contribution < 1.29 is 18.9 Å². The Balaban J connectivity index is 1.38. The smallest absolute Gasteiger partial charge is 0.269 e. The number of anilines is 1. The third-order valence-corrected chi connectivity index (χ3v) is 5.68. The van der Waals surface area contributed by atoms with Crippen molar-refractivity contribution in [2.24, 2.45) is 0 Å². The van der Waals surface area contributed by atoms with Crippen molar-refractivity contribution in [3.8, 4) is 11.8 Å². The normalized spacial score (nSPS) is 13.6. The summed E-state index contributed by atoms with van der Waals surface area (Å²) in [5, 5.41) is 20.3. The van der Waals surface area contributed by atoms with Gasteiger partial charge in [-0.15, -0.1) is 0 Å². The standard InChI is InChI=1S/C26H25N5O5/c1-2-17-35-22-10-6-20(7-11-22)25(32)29-13-15-30(16-14-29)26-23(18-27)28-24(36-26)12-5-19-3-8-21(9-4-19)31(33)34/h3-12H,2,13-17H2,1H3/b12-5+. The van der Waals surface area contributed by atoms with E-state index in [4.69, 9.17) is 9.15 Å². The van der Waals surface area contributed by atoms with Crippen molar-refractivity contribution in [1.82, 2.24) is 9.88 Å². The van der Waals surface area contributed by atoms with Crippen LogP contribution in [0.1, 0.15) is 40.9 Å². The summed E-state index contributed by atoms with van der Waals surface area (Å²) in [7, 11) is 0. The van der Waals surface area contributed by atoms with Crippen LogP contribution in [-0.2, 0) is 0 Å². The largest absolute Gasteiger partial charge is 0.494 e. The van der Waals surface area contributed by atoms with Gasteiger partial charge in [0.1, 0.15) is 11.8 Å². The predicted octanol–water partition coefficient (Wildman–Crippen LogP) is 4.38. The molecule has 0 aliphatic carbocycles. The van der Waals surface area contributed by atoms with Gasteiger partial charge in [-0.1, -0.05) is 6.92 Å². The van der Waals surface area contributed by atoms with Gasteiger partial charge in [0.25, 0.3) is 11.6 Å². The number of hydrogen-bond donors (Lipinski definition) is 0. The highest BCUT2D eigenvalue weighted by Gasteiger charge is 2.26. The first-order valence-electron chi connectivity index (χ1n) is 11.6. The predicted molar refractivity (Wildman–Crippen MR) is 134 cm³/mol. The molecule has 1 aliphatic heterocycles. The Morgan fingerprint density at radius 2 is 1.83 bits per heavy atom. The molecule has 1 fully saturated rings. The minimum absolute atomic E-state index is 0.00737. The molecule has 1 saturated heterocycles. The first-order valence-corrected chi connectivity index (χ1v) is 11.6. The zero-order valence-electron chi connectivity index (χ0n) is 19.8. The summed E-state index contributed by atoms with van der Waals surface area (Å²) < 4.78 is 11.4. The second-order valence-electron chi connectivity index (χ2n) is 8.15. The Labute approximate surface area is 208 Å². The molecule has 0 atom stereocenters. The topological polar surface area (TPSA) is 126 Å². The van der Waals surface area contributed by atoms with E-state index in [9.17, 15) is 20.2 Å². The summed E-state index contributed by atoms with van der Waals surface area (Å²) in [4.78, 5) is 31.2. The maximum Gasteiger partial charge on any atom is 0.269 e. The van der Waals surface area contributed by atoms with Crippen molar-refractivity contribution in [3.63, 3.8) is 0 Å². The van der Waals surface area contributed by atoms with Gasteiger partial charge in [0.2, 0.25) is 17.5 Å². The monoisotopic (exact) mass is 487 g/mol. The molecule has 3 aromatic rings. The van der Waals surface area contributed by atoms with Gasteiger partial charge in [-0.2, -0.15) is 10.2 Å². The van der Waals surface area contributed by atoms with E-state index in [1.807, 2.05) is 11.8 Å². The van der Waals surface area contributed by atoms with Crippen LogP contribution >= 0.6 is 0 Å². The Hall–Kier alpha value is -4.65. The lowest BCUT2D eigenvalue weighted by Gasteiger charge is -2.34. The van der Waals surface area contributed by atoms with Crippen molar-refractivity contribution >= 4 is 29.6 Å². The lowest BCUT2D eigenvalue weighted by Crippen LogP contribution is -2.48. The van der Waals surface area contributed by atoms with E-state index in [0.717, 1.165) is 17.7 Å². The summed E-state index contributed by atoms with van der Waals surface area (Å²) in [6.45, 7) is 4.63. The number of benzene rings is 2. The maximum absolute atomic E-state index is 12.9. The number of rotatable bonds is 8. The van der Waals surface area contributed by atoms with E-state index < -0.39 is 4.92 Å².